The molecule has 0 aromatic carbocycles. The summed E-state index contributed by atoms with van der Waals surface area (Å²) in [5.74, 6) is 0.522. The van der Waals surface area contributed by atoms with Crippen molar-refractivity contribution in [2.75, 3.05) is 0 Å². The van der Waals surface area contributed by atoms with E-state index in [0.717, 1.165) is 6.04 Å². The zero-order valence-corrected chi connectivity index (χ0v) is 7.37. The van der Waals surface area contributed by atoms with Crippen molar-refractivity contribution in [3.05, 3.63) is 0 Å². The highest BCUT2D eigenvalue weighted by Gasteiger charge is 2.21. The highest BCUT2D eigenvalue weighted by molar-refractivity contribution is 7.15. The predicted molar refractivity (Wildman–Crippen MR) is 39.3 cm³/mol. The maximum atomic E-state index is 9.09. The van der Waals surface area contributed by atoms with Crippen molar-refractivity contribution in [3.8, 4) is 0 Å². The Kier molecular flexibility index (Phi) is 3.02. The standard InChI is InChI=1S/C5H13ClOSi/c1-5(2)4-8(3,6)7/h5,7H,4H2,1-3H3. The second-order valence-corrected chi connectivity index (χ2v) is 7.88. The van der Waals surface area contributed by atoms with Gasteiger partial charge in [-0.15, -0.1) is 11.1 Å². The summed E-state index contributed by atoms with van der Waals surface area (Å²) in [5.41, 5.74) is 0. The molecule has 0 saturated carbocycles. The second-order valence-electron chi connectivity index (χ2n) is 2.74. The van der Waals surface area contributed by atoms with E-state index >= 15 is 0 Å². The van der Waals surface area contributed by atoms with E-state index in [0.29, 0.717) is 5.92 Å². The lowest BCUT2D eigenvalue weighted by molar-refractivity contribution is 0.544. The van der Waals surface area contributed by atoms with Crippen LogP contribution in [0.2, 0.25) is 12.6 Å². The zero-order chi connectivity index (χ0) is 6.78. The topological polar surface area (TPSA) is 20.2 Å². The summed E-state index contributed by atoms with van der Waals surface area (Å²) in [6.07, 6.45) is 0. The summed E-state index contributed by atoms with van der Waals surface area (Å²) in [6.45, 7) is 5.86. The van der Waals surface area contributed by atoms with Gasteiger partial charge in [-0.2, -0.15) is 0 Å². The fraction of sp³-hybridized carbons (Fsp3) is 1.00. The Balaban J connectivity index is 3.39. The van der Waals surface area contributed by atoms with Crippen LogP contribution in [0.25, 0.3) is 0 Å². The van der Waals surface area contributed by atoms with Gasteiger partial charge in [-0.1, -0.05) is 13.8 Å². The molecule has 50 valence electrons. The molecule has 0 saturated heterocycles. The van der Waals surface area contributed by atoms with Crippen LogP contribution in [-0.2, 0) is 0 Å². The van der Waals surface area contributed by atoms with Gasteiger partial charge in [-0.25, -0.2) is 0 Å². The third-order valence-corrected chi connectivity index (χ3v) is 2.81. The smallest absolute Gasteiger partial charge is 0.284 e. The first-order valence-corrected chi connectivity index (χ1v) is 6.50. The van der Waals surface area contributed by atoms with Crippen molar-refractivity contribution in [2.24, 2.45) is 5.92 Å². The summed E-state index contributed by atoms with van der Waals surface area (Å²) < 4.78 is 0. The van der Waals surface area contributed by atoms with Gasteiger partial charge in [-0.05, 0) is 18.5 Å². The lowest BCUT2D eigenvalue weighted by atomic mass is 10.3. The molecule has 0 amide bonds. The summed E-state index contributed by atoms with van der Waals surface area (Å²) in [5, 5.41) is 0. The molecule has 0 rings (SSSR count). The molecule has 0 aliphatic carbocycles. The van der Waals surface area contributed by atoms with Crippen molar-refractivity contribution < 1.29 is 4.80 Å². The highest BCUT2D eigenvalue weighted by atomic mass is 35.6. The summed E-state index contributed by atoms with van der Waals surface area (Å²) in [7, 11) is -2.25. The highest BCUT2D eigenvalue weighted by Crippen LogP contribution is 2.16. The molecule has 3 heteroatoms. The van der Waals surface area contributed by atoms with Crippen LogP contribution in [0.1, 0.15) is 13.8 Å². The van der Waals surface area contributed by atoms with Gasteiger partial charge >= 0.3 is 0 Å². The average molecular weight is 153 g/mol. The summed E-state index contributed by atoms with van der Waals surface area (Å²) in [4.78, 5) is 9.09. The molecule has 0 bridgehead atoms. The minimum absolute atomic E-state index is 0.522. The molecule has 1 N–H and O–H groups in total. The van der Waals surface area contributed by atoms with E-state index in [1.165, 1.54) is 0 Å². The van der Waals surface area contributed by atoms with Crippen molar-refractivity contribution in [2.45, 2.75) is 26.4 Å². The molecule has 0 aromatic heterocycles. The first kappa shape index (κ1) is 8.47. The Labute approximate surface area is 56.5 Å². The molecule has 8 heavy (non-hydrogen) atoms. The van der Waals surface area contributed by atoms with Crippen LogP contribution >= 0.6 is 11.1 Å². The van der Waals surface area contributed by atoms with Gasteiger partial charge in [0.25, 0.3) is 7.63 Å². The van der Waals surface area contributed by atoms with Gasteiger partial charge < -0.3 is 4.80 Å². The third kappa shape index (κ3) is 6.47. The van der Waals surface area contributed by atoms with E-state index in [1.54, 1.807) is 6.55 Å². The molecule has 0 aliphatic rings. The average Bonchev–Trinajstić information content (AvgIpc) is 1.21. The maximum absolute atomic E-state index is 9.09. The third-order valence-electron chi connectivity index (χ3n) is 0.781. The number of hydrogen-bond donors (Lipinski definition) is 1. The Hall–Kier alpha value is 0.467. The van der Waals surface area contributed by atoms with E-state index in [1.807, 2.05) is 0 Å². The summed E-state index contributed by atoms with van der Waals surface area (Å²) >= 11 is 5.62. The lowest BCUT2D eigenvalue weighted by Crippen LogP contribution is -2.23. The van der Waals surface area contributed by atoms with Crippen LogP contribution in [0.15, 0.2) is 0 Å². The van der Waals surface area contributed by atoms with Gasteiger partial charge in [-0.3, -0.25) is 0 Å². The Morgan fingerprint density at radius 2 is 2.00 bits per heavy atom. The quantitative estimate of drug-likeness (QED) is 0.474. The first-order valence-electron chi connectivity index (χ1n) is 2.83. The molecule has 0 heterocycles. The fourth-order valence-electron chi connectivity index (χ4n) is 0.745. The van der Waals surface area contributed by atoms with Crippen LogP contribution < -0.4 is 0 Å². The van der Waals surface area contributed by atoms with Crippen LogP contribution in [0.4, 0.5) is 0 Å². The second kappa shape index (κ2) is 2.85. The van der Waals surface area contributed by atoms with Crippen molar-refractivity contribution in [1.82, 2.24) is 0 Å². The molecule has 1 atom stereocenters. The van der Waals surface area contributed by atoms with E-state index in [4.69, 9.17) is 15.9 Å². The molecule has 1 unspecified atom stereocenters. The lowest BCUT2D eigenvalue weighted by Gasteiger charge is -2.12. The number of halogens is 1. The van der Waals surface area contributed by atoms with Crippen LogP contribution in [-0.4, -0.2) is 12.4 Å². The number of hydrogen-bond acceptors (Lipinski definition) is 1. The molecular weight excluding hydrogens is 140 g/mol. The normalized spacial score (nSPS) is 18.8. The van der Waals surface area contributed by atoms with Crippen molar-refractivity contribution in [1.29, 1.82) is 0 Å². The predicted octanol–water partition coefficient (Wildman–Crippen LogP) is 1.95. The maximum Gasteiger partial charge on any atom is 0.284 e. The van der Waals surface area contributed by atoms with Crippen LogP contribution in [0.5, 0.6) is 0 Å². The van der Waals surface area contributed by atoms with Gasteiger partial charge in [0.2, 0.25) is 0 Å². The van der Waals surface area contributed by atoms with Crippen LogP contribution in [0, 0.1) is 5.92 Å². The molecule has 0 spiro atoms. The first-order chi connectivity index (χ1) is 3.42. The monoisotopic (exact) mass is 152 g/mol. The summed E-state index contributed by atoms with van der Waals surface area (Å²) in [6, 6.07) is 0.786. The van der Waals surface area contributed by atoms with Crippen molar-refractivity contribution >= 4 is 18.7 Å². The minimum atomic E-state index is -2.25. The Morgan fingerprint density at radius 1 is 1.62 bits per heavy atom. The molecule has 0 radical (unpaired) electrons. The molecular formula is C5H13ClOSi. The van der Waals surface area contributed by atoms with Crippen molar-refractivity contribution in [3.63, 3.8) is 0 Å². The molecule has 0 aliphatic heterocycles. The van der Waals surface area contributed by atoms with Gasteiger partial charge in [0.1, 0.15) is 0 Å². The van der Waals surface area contributed by atoms with E-state index < -0.39 is 7.63 Å². The van der Waals surface area contributed by atoms with Gasteiger partial charge in [0.05, 0.1) is 0 Å². The van der Waals surface area contributed by atoms with E-state index in [2.05, 4.69) is 13.8 Å². The van der Waals surface area contributed by atoms with Gasteiger partial charge in [0, 0.05) is 0 Å². The SMILES string of the molecule is CC(C)C[Si](C)(O)Cl. The van der Waals surface area contributed by atoms with Gasteiger partial charge in [0.15, 0.2) is 0 Å². The Morgan fingerprint density at radius 3 is 2.00 bits per heavy atom. The Bertz CT molecular complexity index is 67.3. The van der Waals surface area contributed by atoms with E-state index in [-0.39, 0.29) is 0 Å². The molecule has 0 aromatic rings. The van der Waals surface area contributed by atoms with Crippen LogP contribution in [0.3, 0.4) is 0 Å². The van der Waals surface area contributed by atoms with E-state index in [9.17, 15) is 0 Å². The zero-order valence-electron chi connectivity index (χ0n) is 5.61. The minimum Gasteiger partial charge on any atom is -0.420 e. The molecule has 1 nitrogen and oxygen atoms in total. The fourth-order valence-corrected chi connectivity index (χ4v) is 3.16. The molecule has 0 fully saturated rings. The number of rotatable bonds is 2. The largest absolute Gasteiger partial charge is 0.420 e.